The van der Waals surface area contributed by atoms with Gasteiger partial charge in [0.2, 0.25) is 5.95 Å². The van der Waals surface area contributed by atoms with Crippen LogP contribution in [0, 0.1) is 11.9 Å². The standard InChI is InChI=1S/C14H19FN2O2/c1-10-4-2-6-14(8-10,9-18)17-13(19)11-5-3-7-16-12(11)15/h3,5,7,10,18H,2,4,6,8-9H2,1H3,(H,17,19). The van der Waals surface area contributed by atoms with Gasteiger partial charge in [0, 0.05) is 6.20 Å². The highest BCUT2D eigenvalue weighted by Crippen LogP contribution is 2.32. The van der Waals surface area contributed by atoms with Gasteiger partial charge in [-0.2, -0.15) is 4.39 Å². The molecule has 1 fully saturated rings. The van der Waals surface area contributed by atoms with E-state index in [2.05, 4.69) is 17.2 Å². The number of aliphatic hydroxyl groups is 1. The summed E-state index contributed by atoms with van der Waals surface area (Å²) < 4.78 is 13.5. The number of aromatic nitrogens is 1. The van der Waals surface area contributed by atoms with E-state index >= 15 is 0 Å². The van der Waals surface area contributed by atoms with Crippen molar-refractivity contribution in [2.24, 2.45) is 5.92 Å². The van der Waals surface area contributed by atoms with E-state index in [-0.39, 0.29) is 12.2 Å². The number of hydrogen-bond acceptors (Lipinski definition) is 3. The number of rotatable bonds is 3. The zero-order valence-electron chi connectivity index (χ0n) is 11.0. The van der Waals surface area contributed by atoms with Crippen molar-refractivity contribution in [1.82, 2.24) is 10.3 Å². The molecule has 19 heavy (non-hydrogen) atoms. The molecule has 4 nitrogen and oxygen atoms in total. The minimum atomic E-state index is -0.781. The minimum Gasteiger partial charge on any atom is -0.394 e. The summed E-state index contributed by atoms with van der Waals surface area (Å²) in [6.45, 7) is 1.98. The summed E-state index contributed by atoms with van der Waals surface area (Å²) in [5.74, 6) is -0.842. The molecule has 1 aromatic rings. The van der Waals surface area contributed by atoms with Crippen molar-refractivity contribution >= 4 is 5.91 Å². The summed E-state index contributed by atoms with van der Waals surface area (Å²) in [7, 11) is 0. The van der Waals surface area contributed by atoms with Crippen LogP contribution in [0.2, 0.25) is 0 Å². The van der Waals surface area contributed by atoms with Gasteiger partial charge in [-0.1, -0.05) is 19.8 Å². The van der Waals surface area contributed by atoms with Crippen molar-refractivity contribution in [2.45, 2.75) is 38.1 Å². The highest BCUT2D eigenvalue weighted by Gasteiger charge is 2.36. The third-order valence-electron chi connectivity index (χ3n) is 3.78. The number of nitrogens with one attached hydrogen (secondary N) is 1. The van der Waals surface area contributed by atoms with E-state index in [1.807, 2.05) is 0 Å². The van der Waals surface area contributed by atoms with E-state index in [1.54, 1.807) is 0 Å². The molecular formula is C14H19FN2O2. The fourth-order valence-electron chi connectivity index (χ4n) is 2.82. The summed E-state index contributed by atoms with van der Waals surface area (Å²) in [6.07, 6.45) is 4.80. The van der Waals surface area contributed by atoms with Crippen molar-refractivity contribution in [3.8, 4) is 0 Å². The Bertz CT molecular complexity index is 467. The molecule has 2 unspecified atom stereocenters. The Kier molecular flexibility index (Phi) is 4.14. The predicted molar refractivity (Wildman–Crippen MR) is 69.1 cm³/mol. The Morgan fingerprint density at radius 2 is 2.47 bits per heavy atom. The normalized spacial score (nSPS) is 27.0. The van der Waals surface area contributed by atoms with Gasteiger partial charge >= 0.3 is 0 Å². The van der Waals surface area contributed by atoms with Gasteiger partial charge in [0.15, 0.2) is 0 Å². The zero-order valence-corrected chi connectivity index (χ0v) is 11.0. The van der Waals surface area contributed by atoms with Crippen LogP contribution in [0.1, 0.15) is 43.0 Å². The second-order valence-corrected chi connectivity index (χ2v) is 5.44. The van der Waals surface area contributed by atoms with Crippen LogP contribution in [0.25, 0.3) is 0 Å². The highest BCUT2D eigenvalue weighted by molar-refractivity contribution is 5.94. The first-order valence-electron chi connectivity index (χ1n) is 6.60. The predicted octanol–water partition coefficient (Wildman–Crippen LogP) is 1.89. The van der Waals surface area contributed by atoms with Crippen LogP contribution < -0.4 is 5.32 Å². The molecule has 0 aliphatic heterocycles. The molecule has 1 aliphatic carbocycles. The van der Waals surface area contributed by atoms with Crippen molar-refractivity contribution in [1.29, 1.82) is 0 Å². The lowest BCUT2D eigenvalue weighted by Gasteiger charge is -2.39. The Morgan fingerprint density at radius 1 is 1.68 bits per heavy atom. The van der Waals surface area contributed by atoms with Crippen LogP contribution >= 0.6 is 0 Å². The summed E-state index contributed by atoms with van der Waals surface area (Å²) in [4.78, 5) is 15.6. The Hall–Kier alpha value is -1.49. The maximum Gasteiger partial charge on any atom is 0.256 e. The van der Waals surface area contributed by atoms with Crippen LogP contribution in [-0.4, -0.2) is 28.1 Å². The maximum atomic E-state index is 13.5. The number of aliphatic hydroxyl groups excluding tert-OH is 1. The van der Waals surface area contributed by atoms with Crippen LogP contribution in [0.4, 0.5) is 4.39 Å². The van der Waals surface area contributed by atoms with Gasteiger partial charge < -0.3 is 10.4 Å². The number of halogens is 1. The molecule has 1 aromatic heterocycles. The molecule has 1 heterocycles. The summed E-state index contributed by atoms with van der Waals surface area (Å²) in [5.41, 5.74) is -0.703. The van der Waals surface area contributed by atoms with Crippen LogP contribution in [0.3, 0.4) is 0 Å². The first kappa shape index (κ1) is 13.9. The minimum absolute atomic E-state index is 0.0754. The fraction of sp³-hybridized carbons (Fsp3) is 0.571. The third kappa shape index (κ3) is 3.10. The molecule has 1 saturated carbocycles. The van der Waals surface area contributed by atoms with E-state index in [0.29, 0.717) is 5.92 Å². The fourth-order valence-corrected chi connectivity index (χ4v) is 2.82. The molecule has 2 N–H and O–H groups in total. The lowest BCUT2D eigenvalue weighted by atomic mass is 9.76. The summed E-state index contributed by atoms with van der Waals surface area (Å²) >= 11 is 0. The summed E-state index contributed by atoms with van der Waals surface area (Å²) in [5, 5.41) is 12.4. The number of nitrogens with zero attached hydrogens (tertiary/aromatic N) is 1. The van der Waals surface area contributed by atoms with Gasteiger partial charge in [0.05, 0.1) is 17.7 Å². The molecule has 1 aliphatic rings. The molecule has 0 radical (unpaired) electrons. The van der Waals surface area contributed by atoms with E-state index in [9.17, 15) is 14.3 Å². The molecule has 0 bridgehead atoms. The highest BCUT2D eigenvalue weighted by atomic mass is 19.1. The second kappa shape index (κ2) is 5.65. The molecule has 2 atom stereocenters. The molecule has 0 spiro atoms. The lowest BCUT2D eigenvalue weighted by Crippen LogP contribution is -2.54. The first-order valence-corrected chi connectivity index (χ1v) is 6.60. The number of pyridine rings is 1. The van der Waals surface area contributed by atoms with Gasteiger partial charge in [-0.15, -0.1) is 0 Å². The Morgan fingerprint density at radius 3 is 3.11 bits per heavy atom. The van der Waals surface area contributed by atoms with E-state index in [0.717, 1.165) is 25.7 Å². The molecule has 0 saturated heterocycles. The molecular weight excluding hydrogens is 247 g/mol. The third-order valence-corrected chi connectivity index (χ3v) is 3.78. The topological polar surface area (TPSA) is 62.2 Å². The van der Waals surface area contributed by atoms with Crippen molar-refractivity contribution < 1.29 is 14.3 Å². The molecule has 5 heteroatoms. The second-order valence-electron chi connectivity index (χ2n) is 5.44. The van der Waals surface area contributed by atoms with Gasteiger partial charge in [-0.25, -0.2) is 4.98 Å². The van der Waals surface area contributed by atoms with Crippen LogP contribution in [0.15, 0.2) is 18.3 Å². The number of amides is 1. The van der Waals surface area contributed by atoms with Crippen molar-refractivity contribution in [3.63, 3.8) is 0 Å². The molecule has 104 valence electrons. The van der Waals surface area contributed by atoms with Gasteiger partial charge in [0.1, 0.15) is 0 Å². The molecule has 2 rings (SSSR count). The molecule has 1 amide bonds. The smallest absolute Gasteiger partial charge is 0.256 e. The first-order chi connectivity index (χ1) is 9.06. The number of carbonyl (C=O) groups excluding carboxylic acids is 1. The van der Waals surface area contributed by atoms with E-state index in [4.69, 9.17) is 0 Å². The van der Waals surface area contributed by atoms with E-state index in [1.165, 1.54) is 18.3 Å². The molecule has 0 aromatic carbocycles. The zero-order chi connectivity index (χ0) is 13.9. The average molecular weight is 266 g/mol. The van der Waals surface area contributed by atoms with Gasteiger partial charge in [-0.05, 0) is 30.9 Å². The van der Waals surface area contributed by atoms with Crippen LogP contribution in [-0.2, 0) is 0 Å². The monoisotopic (exact) mass is 266 g/mol. The largest absolute Gasteiger partial charge is 0.394 e. The lowest BCUT2D eigenvalue weighted by molar-refractivity contribution is 0.0693. The maximum absolute atomic E-state index is 13.5. The SMILES string of the molecule is CC1CCCC(CO)(NC(=O)c2cccnc2F)C1. The van der Waals surface area contributed by atoms with Crippen molar-refractivity contribution in [3.05, 3.63) is 29.8 Å². The average Bonchev–Trinajstić information content (AvgIpc) is 2.39. The van der Waals surface area contributed by atoms with Crippen LogP contribution in [0.5, 0.6) is 0 Å². The Balaban J connectivity index is 2.14. The summed E-state index contributed by atoms with van der Waals surface area (Å²) in [6, 6.07) is 2.92. The number of hydrogen-bond donors (Lipinski definition) is 2. The van der Waals surface area contributed by atoms with Gasteiger partial charge in [0.25, 0.3) is 5.91 Å². The Labute approximate surface area is 112 Å². The quantitative estimate of drug-likeness (QED) is 0.821. The number of carbonyl (C=O) groups is 1. The van der Waals surface area contributed by atoms with E-state index < -0.39 is 17.4 Å². The van der Waals surface area contributed by atoms with Crippen molar-refractivity contribution in [2.75, 3.05) is 6.61 Å². The van der Waals surface area contributed by atoms with Gasteiger partial charge in [-0.3, -0.25) is 4.79 Å².